The predicted octanol–water partition coefficient (Wildman–Crippen LogP) is 12.6. The van der Waals surface area contributed by atoms with Crippen molar-refractivity contribution >= 4 is 17.8 Å². The average Bonchev–Trinajstić information content (AvgIpc) is 3.05. The molecule has 6 heteroatoms. The highest BCUT2D eigenvalue weighted by Gasteiger charge is 2.25. The van der Waals surface area contributed by atoms with Gasteiger partial charge in [0.25, 0.3) is 0 Å². The van der Waals surface area contributed by atoms with Crippen LogP contribution in [0, 0.1) is 5.92 Å². The minimum Gasteiger partial charge on any atom is -0.481 e. The number of aliphatic carboxylic acids is 1. The monoisotopic (exact) mass is 680 g/mol. The number of carbonyl (C=O) groups is 3. The highest BCUT2D eigenvalue weighted by Crippen LogP contribution is 2.16. The number of esters is 1. The largest absolute Gasteiger partial charge is 0.481 e. The first-order valence-electron chi connectivity index (χ1n) is 21.0. The minimum absolute atomic E-state index is 0.264. The maximum absolute atomic E-state index is 12.5. The lowest BCUT2D eigenvalue weighted by atomic mass is 10.0. The molecule has 0 unspecified atom stereocenters. The molecule has 0 rings (SSSR count). The highest BCUT2D eigenvalue weighted by molar-refractivity contribution is 5.87. The standard InChI is InChI=1S/C42H81NO5/c1-4-5-6-7-8-9-10-11-13-17-20-23-26-29-32-35-40(44)43-39(37-41(45)46)42(47)48-36-33-30-27-24-21-18-15-12-14-16-19-22-25-28-31-34-38(2)3/h38-39H,4-37H2,1-3H3,(H,43,44)(H,45,46)/t39-/m0/s1. The maximum atomic E-state index is 12.5. The van der Waals surface area contributed by atoms with Gasteiger partial charge >= 0.3 is 11.9 Å². The van der Waals surface area contributed by atoms with Crippen LogP contribution in [0.15, 0.2) is 0 Å². The van der Waals surface area contributed by atoms with Crippen molar-refractivity contribution in [3.05, 3.63) is 0 Å². The van der Waals surface area contributed by atoms with E-state index >= 15 is 0 Å². The summed E-state index contributed by atoms with van der Waals surface area (Å²) in [6.07, 6.45) is 39.4. The Bertz CT molecular complexity index is 725. The lowest BCUT2D eigenvalue weighted by Gasteiger charge is -2.16. The van der Waals surface area contributed by atoms with Crippen LogP contribution in [-0.2, 0) is 19.1 Å². The molecule has 0 aliphatic heterocycles. The fourth-order valence-electron chi connectivity index (χ4n) is 6.52. The fourth-order valence-corrected chi connectivity index (χ4v) is 6.52. The summed E-state index contributed by atoms with van der Waals surface area (Å²) in [6.45, 7) is 7.17. The van der Waals surface area contributed by atoms with Crippen molar-refractivity contribution in [2.24, 2.45) is 5.92 Å². The molecule has 0 fully saturated rings. The number of rotatable bonds is 38. The van der Waals surface area contributed by atoms with Crippen molar-refractivity contribution in [2.45, 2.75) is 239 Å². The van der Waals surface area contributed by atoms with Gasteiger partial charge in [-0.3, -0.25) is 9.59 Å². The number of carboxylic acid groups (broad SMARTS) is 1. The van der Waals surface area contributed by atoms with Crippen LogP contribution >= 0.6 is 0 Å². The molecule has 0 aromatic heterocycles. The lowest BCUT2D eigenvalue weighted by Crippen LogP contribution is -2.43. The Balaban J connectivity index is 3.69. The molecule has 1 atom stereocenters. The van der Waals surface area contributed by atoms with Gasteiger partial charge in [-0.1, -0.05) is 207 Å². The van der Waals surface area contributed by atoms with E-state index in [1.54, 1.807) is 0 Å². The third kappa shape index (κ3) is 35.7. The molecule has 0 aliphatic carbocycles. The van der Waals surface area contributed by atoms with E-state index < -0.39 is 24.4 Å². The summed E-state index contributed by atoms with van der Waals surface area (Å²) in [4.78, 5) is 36.2. The molecule has 2 N–H and O–H groups in total. The van der Waals surface area contributed by atoms with E-state index in [1.165, 1.54) is 161 Å². The van der Waals surface area contributed by atoms with Gasteiger partial charge in [0.05, 0.1) is 13.0 Å². The van der Waals surface area contributed by atoms with E-state index in [0.717, 1.165) is 44.4 Å². The van der Waals surface area contributed by atoms with Crippen LogP contribution in [0.4, 0.5) is 0 Å². The number of ether oxygens (including phenoxy) is 1. The van der Waals surface area contributed by atoms with Gasteiger partial charge in [0.1, 0.15) is 6.04 Å². The van der Waals surface area contributed by atoms with E-state index in [4.69, 9.17) is 4.74 Å². The van der Waals surface area contributed by atoms with Crippen LogP contribution in [0.2, 0.25) is 0 Å². The van der Waals surface area contributed by atoms with Gasteiger partial charge in [-0.05, 0) is 18.8 Å². The van der Waals surface area contributed by atoms with Gasteiger partial charge in [0, 0.05) is 6.42 Å². The third-order valence-corrected chi connectivity index (χ3v) is 9.68. The first-order chi connectivity index (χ1) is 23.4. The number of nitrogens with one attached hydrogen (secondary N) is 1. The summed E-state index contributed by atoms with van der Waals surface area (Å²) in [6, 6.07) is -1.11. The second-order valence-electron chi connectivity index (χ2n) is 15.1. The van der Waals surface area contributed by atoms with Crippen LogP contribution in [0.5, 0.6) is 0 Å². The topological polar surface area (TPSA) is 92.7 Å². The summed E-state index contributed by atoms with van der Waals surface area (Å²) >= 11 is 0. The third-order valence-electron chi connectivity index (χ3n) is 9.68. The summed E-state index contributed by atoms with van der Waals surface area (Å²) in [7, 11) is 0. The molecule has 0 bridgehead atoms. The van der Waals surface area contributed by atoms with E-state index in [9.17, 15) is 19.5 Å². The van der Waals surface area contributed by atoms with Crippen molar-refractivity contribution in [3.8, 4) is 0 Å². The second kappa shape index (κ2) is 36.7. The normalized spacial score (nSPS) is 12.0. The number of carbonyl (C=O) groups excluding carboxylic acids is 2. The van der Waals surface area contributed by atoms with Gasteiger partial charge in [-0.15, -0.1) is 0 Å². The molecule has 0 aliphatic rings. The van der Waals surface area contributed by atoms with Crippen LogP contribution in [-0.4, -0.2) is 35.6 Å². The molecular weight excluding hydrogens is 598 g/mol. The quantitative estimate of drug-likeness (QED) is 0.0500. The summed E-state index contributed by atoms with van der Waals surface area (Å²) < 4.78 is 5.35. The Kier molecular flexibility index (Phi) is 35.5. The fraction of sp³-hybridized carbons (Fsp3) is 0.929. The highest BCUT2D eigenvalue weighted by atomic mass is 16.5. The molecule has 1 amide bonds. The number of hydrogen-bond donors (Lipinski definition) is 2. The van der Waals surface area contributed by atoms with Gasteiger partial charge in [-0.2, -0.15) is 0 Å². The average molecular weight is 680 g/mol. The second-order valence-corrected chi connectivity index (χ2v) is 15.1. The van der Waals surface area contributed by atoms with Gasteiger partial charge in [0.15, 0.2) is 0 Å². The predicted molar refractivity (Wildman–Crippen MR) is 203 cm³/mol. The molecule has 0 heterocycles. The Morgan fingerprint density at radius 3 is 1.25 bits per heavy atom. The molecule has 48 heavy (non-hydrogen) atoms. The lowest BCUT2D eigenvalue weighted by molar-refractivity contribution is -0.151. The molecule has 0 spiro atoms. The number of carboxylic acids is 1. The molecule has 6 nitrogen and oxygen atoms in total. The van der Waals surface area contributed by atoms with Crippen molar-refractivity contribution in [1.82, 2.24) is 5.32 Å². The minimum atomic E-state index is -1.11. The smallest absolute Gasteiger partial charge is 0.329 e. The molecule has 0 saturated carbocycles. The zero-order valence-corrected chi connectivity index (χ0v) is 32.3. The summed E-state index contributed by atoms with van der Waals surface area (Å²) in [5, 5.41) is 11.9. The Morgan fingerprint density at radius 2 is 0.875 bits per heavy atom. The van der Waals surface area contributed by atoms with Gasteiger partial charge in [-0.25, -0.2) is 4.79 Å². The maximum Gasteiger partial charge on any atom is 0.329 e. The SMILES string of the molecule is CCCCCCCCCCCCCCCCCC(=O)N[C@@H](CC(=O)O)C(=O)OCCCCCCCCCCCCCCCCCC(C)C. The van der Waals surface area contributed by atoms with Crippen LogP contribution in [0.25, 0.3) is 0 Å². The van der Waals surface area contributed by atoms with E-state index in [0.29, 0.717) is 6.42 Å². The van der Waals surface area contributed by atoms with Gasteiger partial charge < -0.3 is 15.2 Å². The van der Waals surface area contributed by atoms with Crippen molar-refractivity contribution in [1.29, 1.82) is 0 Å². The molecule has 0 radical (unpaired) electrons. The molecule has 0 saturated heterocycles. The van der Waals surface area contributed by atoms with Crippen LogP contribution in [0.1, 0.15) is 233 Å². The van der Waals surface area contributed by atoms with Crippen molar-refractivity contribution in [2.75, 3.05) is 6.61 Å². The molecule has 0 aromatic carbocycles. The molecule has 0 aromatic rings. The van der Waals surface area contributed by atoms with Crippen molar-refractivity contribution < 1.29 is 24.2 Å². The Labute approximate surface area is 298 Å². The van der Waals surface area contributed by atoms with Crippen LogP contribution in [0.3, 0.4) is 0 Å². The first kappa shape index (κ1) is 46.4. The van der Waals surface area contributed by atoms with Crippen molar-refractivity contribution in [3.63, 3.8) is 0 Å². The summed E-state index contributed by atoms with van der Waals surface area (Å²) in [5.41, 5.74) is 0. The van der Waals surface area contributed by atoms with Crippen LogP contribution < -0.4 is 5.32 Å². The number of unbranched alkanes of at least 4 members (excludes halogenated alkanes) is 28. The summed E-state index contributed by atoms with van der Waals surface area (Å²) in [5.74, 6) is -1.16. The van der Waals surface area contributed by atoms with E-state index in [-0.39, 0.29) is 12.5 Å². The number of hydrogen-bond acceptors (Lipinski definition) is 4. The zero-order chi connectivity index (χ0) is 35.3. The zero-order valence-electron chi connectivity index (χ0n) is 32.3. The Hall–Kier alpha value is -1.59. The molecule has 284 valence electrons. The number of amides is 1. The molecular formula is C42H81NO5. The van der Waals surface area contributed by atoms with E-state index in [1.807, 2.05) is 0 Å². The first-order valence-corrected chi connectivity index (χ1v) is 21.0. The Morgan fingerprint density at radius 1 is 0.521 bits per heavy atom. The van der Waals surface area contributed by atoms with E-state index in [2.05, 4.69) is 26.1 Å². The van der Waals surface area contributed by atoms with Gasteiger partial charge in [0.2, 0.25) is 5.91 Å².